The molecule has 0 radical (unpaired) electrons. The zero-order valence-corrected chi connectivity index (χ0v) is 12.2. The Morgan fingerprint density at radius 3 is 2.00 bits per heavy atom. The third-order valence-corrected chi connectivity index (χ3v) is 2.28. The number of nitrogens with zero attached hydrogens (tertiary/aromatic N) is 3. The van der Waals surface area contributed by atoms with E-state index in [2.05, 4.69) is 32.5 Å². The summed E-state index contributed by atoms with van der Waals surface area (Å²) in [6, 6.07) is 8.06. The average molecular weight is 259 g/mol. The van der Waals surface area contributed by atoms with Crippen molar-refractivity contribution in [3.05, 3.63) is 35.7 Å². The van der Waals surface area contributed by atoms with E-state index in [1.165, 1.54) is 5.56 Å². The van der Waals surface area contributed by atoms with Gasteiger partial charge in [-0.2, -0.15) is 15.0 Å². The van der Waals surface area contributed by atoms with E-state index in [4.69, 9.17) is 0 Å². The summed E-state index contributed by atoms with van der Waals surface area (Å²) < 4.78 is 0. The van der Waals surface area contributed by atoms with Crippen LogP contribution in [0.5, 0.6) is 0 Å². The Labute approximate surface area is 114 Å². The van der Waals surface area contributed by atoms with Crippen LogP contribution in [0, 0.1) is 13.8 Å². The maximum atomic E-state index is 4.23. The van der Waals surface area contributed by atoms with Gasteiger partial charge in [-0.15, -0.1) is 0 Å². The Bertz CT molecular complexity index is 508. The predicted molar refractivity (Wildman–Crippen MR) is 79.9 cm³/mol. The molecular weight excluding hydrogens is 238 g/mol. The summed E-state index contributed by atoms with van der Waals surface area (Å²) in [5.41, 5.74) is 2.18. The zero-order chi connectivity index (χ0) is 14.3. The summed E-state index contributed by atoms with van der Waals surface area (Å²) in [5.74, 6) is 1.79. The maximum absolute atomic E-state index is 4.23. The monoisotopic (exact) mass is 259 g/mol. The Morgan fingerprint density at radius 2 is 1.42 bits per heavy atom. The Balaban J connectivity index is 0.000000861. The SMILES string of the molecule is CC.CNc1nc(C)nc(Nc2ccc(C)cc2)n1. The van der Waals surface area contributed by atoms with E-state index in [1.807, 2.05) is 45.0 Å². The van der Waals surface area contributed by atoms with Gasteiger partial charge in [-0.25, -0.2) is 0 Å². The van der Waals surface area contributed by atoms with E-state index < -0.39 is 0 Å². The van der Waals surface area contributed by atoms with Crippen LogP contribution in [-0.2, 0) is 0 Å². The van der Waals surface area contributed by atoms with Crippen molar-refractivity contribution in [2.45, 2.75) is 27.7 Å². The van der Waals surface area contributed by atoms with Crippen LogP contribution in [0.1, 0.15) is 25.2 Å². The molecule has 0 amide bonds. The normalized spacial score (nSPS) is 9.32. The van der Waals surface area contributed by atoms with E-state index in [0.29, 0.717) is 17.7 Å². The number of hydrogen-bond acceptors (Lipinski definition) is 5. The molecule has 102 valence electrons. The third kappa shape index (κ3) is 4.54. The van der Waals surface area contributed by atoms with Crippen molar-refractivity contribution in [3.63, 3.8) is 0 Å². The van der Waals surface area contributed by atoms with Gasteiger partial charge in [-0.1, -0.05) is 31.5 Å². The highest BCUT2D eigenvalue weighted by Crippen LogP contribution is 2.14. The second kappa shape index (κ2) is 7.31. The van der Waals surface area contributed by atoms with Gasteiger partial charge >= 0.3 is 0 Å². The van der Waals surface area contributed by atoms with Crippen molar-refractivity contribution in [3.8, 4) is 0 Å². The van der Waals surface area contributed by atoms with Crippen LogP contribution in [-0.4, -0.2) is 22.0 Å². The average Bonchev–Trinajstić information content (AvgIpc) is 2.43. The fourth-order valence-corrected chi connectivity index (χ4v) is 1.42. The van der Waals surface area contributed by atoms with Crippen LogP contribution in [0.4, 0.5) is 17.6 Å². The molecule has 2 N–H and O–H groups in total. The molecule has 0 aliphatic carbocycles. The number of aromatic nitrogens is 3. The second-order valence-electron chi connectivity index (χ2n) is 3.77. The lowest BCUT2D eigenvalue weighted by atomic mass is 10.2. The van der Waals surface area contributed by atoms with Crippen molar-refractivity contribution >= 4 is 17.6 Å². The number of hydrogen-bond donors (Lipinski definition) is 2. The second-order valence-corrected chi connectivity index (χ2v) is 3.77. The quantitative estimate of drug-likeness (QED) is 0.885. The molecule has 19 heavy (non-hydrogen) atoms. The Morgan fingerprint density at radius 1 is 0.842 bits per heavy atom. The fraction of sp³-hybridized carbons (Fsp3) is 0.357. The largest absolute Gasteiger partial charge is 0.357 e. The van der Waals surface area contributed by atoms with Crippen LogP contribution in [0.3, 0.4) is 0 Å². The van der Waals surface area contributed by atoms with Gasteiger partial charge in [0.2, 0.25) is 11.9 Å². The van der Waals surface area contributed by atoms with Gasteiger partial charge < -0.3 is 10.6 Å². The van der Waals surface area contributed by atoms with Crippen LogP contribution >= 0.6 is 0 Å². The van der Waals surface area contributed by atoms with Gasteiger partial charge in [0, 0.05) is 12.7 Å². The molecule has 2 rings (SSSR count). The van der Waals surface area contributed by atoms with Gasteiger partial charge in [0.05, 0.1) is 0 Å². The molecule has 1 aromatic carbocycles. The topological polar surface area (TPSA) is 62.7 Å². The minimum atomic E-state index is 0.547. The lowest BCUT2D eigenvalue weighted by Gasteiger charge is -2.07. The van der Waals surface area contributed by atoms with Gasteiger partial charge in [-0.3, -0.25) is 0 Å². The van der Waals surface area contributed by atoms with E-state index in [9.17, 15) is 0 Å². The predicted octanol–water partition coefficient (Wildman–Crippen LogP) is 3.30. The molecule has 2 aromatic rings. The first kappa shape index (κ1) is 14.9. The summed E-state index contributed by atoms with van der Waals surface area (Å²) in [4.78, 5) is 12.6. The van der Waals surface area contributed by atoms with Gasteiger partial charge in [-0.05, 0) is 26.0 Å². The molecule has 0 atom stereocenters. The maximum Gasteiger partial charge on any atom is 0.232 e. The molecule has 5 nitrogen and oxygen atoms in total. The lowest BCUT2D eigenvalue weighted by Crippen LogP contribution is -2.05. The molecule has 0 bridgehead atoms. The van der Waals surface area contributed by atoms with Crippen LogP contribution in [0.25, 0.3) is 0 Å². The summed E-state index contributed by atoms with van der Waals surface area (Å²) in [7, 11) is 1.78. The Hall–Kier alpha value is -2.17. The standard InChI is InChI=1S/C12H15N5.C2H6/c1-8-4-6-10(7-5-8)16-12-15-9(2)14-11(13-3)17-12;1-2/h4-7H,1-3H3,(H2,13,14,15,16,17);1-2H3. The van der Waals surface area contributed by atoms with Crippen molar-refractivity contribution in [2.75, 3.05) is 17.7 Å². The van der Waals surface area contributed by atoms with Crippen molar-refractivity contribution in [1.82, 2.24) is 15.0 Å². The first-order valence-electron chi connectivity index (χ1n) is 6.41. The molecule has 5 heteroatoms. The number of benzene rings is 1. The van der Waals surface area contributed by atoms with Crippen molar-refractivity contribution < 1.29 is 0 Å². The molecular formula is C14H21N5. The van der Waals surface area contributed by atoms with Gasteiger partial charge in [0.1, 0.15) is 5.82 Å². The highest BCUT2D eigenvalue weighted by atomic mass is 15.2. The van der Waals surface area contributed by atoms with Crippen LogP contribution in [0.15, 0.2) is 24.3 Å². The van der Waals surface area contributed by atoms with Crippen LogP contribution < -0.4 is 10.6 Å². The summed E-state index contributed by atoms with van der Waals surface area (Å²) in [5, 5.41) is 6.05. The molecule has 0 fully saturated rings. The van der Waals surface area contributed by atoms with E-state index in [1.54, 1.807) is 7.05 Å². The minimum Gasteiger partial charge on any atom is -0.357 e. The smallest absolute Gasteiger partial charge is 0.232 e. The number of anilines is 3. The molecule has 0 aliphatic heterocycles. The molecule has 0 unspecified atom stereocenters. The van der Waals surface area contributed by atoms with E-state index in [-0.39, 0.29) is 0 Å². The number of nitrogens with one attached hydrogen (secondary N) is 2. The van der Waals surface area contributed by atoms with Crippen molar-refractivity contribution in [1.29, 1.82) is 0 Å². The number of rotatable bonds is 3. The highest BCUT2D eigenvalue weighted by Gasteiger charge is 2.02. The molecule has 0 saturated heterocycles. The molecule has 1 heterocycles. The first-order chi connectivity index (χ1) is 9.17. The zero-order valence-electron chi connectivity index (χ0n) is 12.2. The third-order valence-electron chi connectivity index (χ3n) is 2.28. The highest BCUT2D eigenvalue weighted by molar-refractivity contribution is 5.54. The van der Waals surface area contributed by atoms with Crippen LogP contribution in [0.2, 0.25) is 0 Å². The van der Waals surface area contributed by atoms with E-state index in [0.717, 1.165) is 5.69 Å². The number of aryl methyl sites for hydroxylation is 2. The minimum absolute atomic E-state index is 0.547. The fourth-order valence-electron chi connectivity index (χ4n) is 1.42. The molecule has 0 spiro atoms. The summed E-state index contributed by atoms with van der Waals surface area (Å²) >= 11 is 0. The van der Waals surface area contributed by atoms with Crippen molar-refractivity contribution in [2.24, 2.45) is 0 Å². The molecule has 0 saturated carbocycles. The Kier molecular flexibility index (Phi) is 5.73. The van der Waals surface area contributed by atoms with E-state index >= 15 is 0 Å². The lowest BCUT2D eigenvalue weighted by molar-refractivity contribution is 0.984. The van der Waals surface area contributed by atoms with Gasteiger partial charge in [0.25, 0.3) is 0 Å². The summed E-state index contributed by atoms with van der Waals surface area (Å²) in [6.45, 7) is 7.89. The first-order valence-corrected chi connectivity index (χ1v) is 6.41. The summed E-state index contributed by atoms with van der Waals surface area (Å²) in [6.07, 6.45) is 0. The molecule has 1 aromatic heterocycles. The van der Waals surface area contributed by atoms with Gasteiger partial charge in [0.15, 0.2) is 0 Å². The molecule has 0 aliphatic rings.